The van der Waals surface area contributed by atoms with Crippen molar-refractivity contribution in [2.75, 3.05) is 0 Å². The Balaban J connectivity index is -0.000000000667. The maximum Gasteiger partial charge on any atom is 2.00 e. The fourth-order valence-corrected chi connectivity index (χ4v) is 0. The third-order valence-corrected chi connectivity index (χ3v) is 0. The smallest absolute Gasteiger partial charge is 0.759 e. The van der Waals surface area contributed by atoms with Gasteiger partial charge in [-0.05, 0) is 0 Å². The van der Waals surface area contributed by atoms with Crippen molar-refractivity contribution in [3.63, 3.8) is 0 Å². The summed E-state index contributed by atoms with van der Waals surface area (Å²) in [5.74, 6) is 0. The van der Waals surface area contributed by atoms with Crippen LogP contribution in [0.2, 0.25) is 0 Å². The van der Waals surface area contributed by atoms with Gasteiger partial charge >= 0.3 is 17.4 Å². The molecule has 0 aromatic rings. The van der Waals surface area contributed by atoms with Crippen molar-refractivity contribution in [3.8, 4) is 0 Å². The molecule has 0 spiro atoms. The summed E-state index contributed by atoms with van der Waals surface area (Å²) in [6.07, 6.45) is 0. The van der Waals surface area contributed by atoms with E-state index in [0.29, 0.717) is 0 Å². The molecule has 30 N–H and O–H groups in total. The minimum atomic E-state index is -5.17. The van der Waals surface area contributed by atoms with Crippen LogP contribution in [-0.4, -0.2) is 99.7 Å². The van der Waals surface area contributed by atoms with Crippen molar-refractivity contribution >= 4 is 10.4 Å². The van der Waals surface area contributed by atoms with Crippen LogP contribution in [0.15, 0.2) is 0 Å². The summed E-state index contributed by atoms with van der Waals surface area (Å²) in [4.78, 5) is 0. The van der Waals surface area contributed by atoms with E-state index in [1.54, 1.807) is 0 Å². The van der Waals surface area contributed by atoms with Crippen LogP contribution in [0.1, 0.15) is 0 Å². The topological polar surface area (TPSA) is 553 Å². The van der Waals surface area contributed by atoms with Crippen LogP contribution in [0.4, 0.5) is 0 Å². The van der Waals surface area contributed by atoms with Gasteiger partial charge in [0.2, 0.25) is 0 Å². The van der Waals surface area contributed by atoms with Gasteiger partial charge in [0.15, 0.2) is 0 Å². The Labute approximate surface area is 128 Å². The minimum absolute atomic E-state index is 0. The number of hydrogen-bond acceptors (Lipinski definition) is 4. The average molecular weight is 418 g/mol. The monoisotopic (exact) mass is 418 g/mol. The molecular weight excluding hydrogens is 388 g/mol. The first-order chi connectivity index (χ1) is 2.00. The van der Waals surface area contributed by atoms with Gasteiger partial charge in [-0.3, -0.25) is 8.42 Å². The van der Waals surface area contributed by atoms with Crippen LogP contribution >= 0.6 is 0 Å². The van der Waals surface area contributed by atoms with Gasteiger partial charge < -0.3 is 91.2 Å². The van der Waals surface area contributed by atoms with Crippen molar-refractivity contribution in [1.82, 2.24) is 0 Å². The molecular formula is H30CrO19S. The van der Waals surface area contributed by atoms with Crippen molar-refractivity contribution in [2.24, 2.45) is 0 Å². The van der Waals surface area contributed by atoms with Gasteiger partial charge in [-0.1, -0.05) is 0 Å². The van der Waals surface area contributed by atoms with E-state index < -0.39 is 10.4 Å². The molecule has 19 nitrogen and oxygen atoms in total. The van der Waals surface area contributed by atoms with E-state index in [2.05, 4.69) is 0 Å². The van der Waals surface area contributed by atoms with Crippen LogP contribution in [0, 0.1) is 0 Å². The molecule has 0 aliphatic carbocycles. The van der Waals surface area contributed by atoms with Gasteiger partial charge in [0.05, 0.1) is 0 Å². The fraction of sp³-hybridized carbons (Fsp3) is 0. The normalized spacial score (nSPS) is 2.76. The molecule has 0 saturated heterocycles. The van der Waals surface area contributed by atoms with Gasteiger partial charge in [0, 0.05) is 10.4 Å². The largest absolute Gasteiger partial charge is 2.00 e. The zero-order valence-corrected chi connectivity index (χ0v) is 12.0. The summed E-state index contributed by atoms with van der Waals surface area (Å²) >= 11 is 0. The molecule has 0 radical (unpaired) electrons. The molecule has 0 saturated carbocycles. The molecule has 0 bridgehead atoms. The minimum Gasteiger partial charge on any atom is -0.759 e. The van der Waals surface area contributed by atoms with E-state index in [0.717, 1.165) is 0 Å². The van der Waals surface area contributed by atoms with E-state index in [9.17, 15) is 0 Å². The zero-order valence-electron chi connectivity index (χ0n) is 9.95. The van der Waals surface area contributed by atoms with E-state index in [1.807, 2.05) is 0 Å². The molecule has 0 rings (SSSR count). The maximum atomic E-state index is 8.52. The van der Waals surface area contributed by atoms with Gasteiger partial charge in [0.25, 0.3) is 0 Å². The summed E-state index contributed by atoms with van der Waals surface area (Å²) in [5, 5.41) is 0. The maximum absolute atomic E-state index is 8.52. The first-order valence-corrected chi connectivity index (χ1v) is 2.00. The zero-order chi connectivity index (χ0) is 4.50. The second-order valence-electron chi connectivity index (χ2n) is 0.408. The van der Waals surface area contributed by atoms with Crippen LogP contribution in [0.5, 0.6) is 0 Å². The Hall–Kier alpha value is -0.198. The van der Waals surface area contributed by atoms with Crippen LogP contribution in [0.25, 0.3) is 0 Å². The molecule has 0 aromatic heterocycles. The molecule has 21 heavy (non-hydrogen) atoms. The van der Waals surface area contributed by atoms with Crippen molar-refractivity contribution in [3.05, 3.63) is 0 Å². The molecule has 0 aromatic carbocycles. The summed E-state index contributed by atoms with van der Waals surface area (Å²) in [6, 6.07) is 0. The standard InChI is InChI=1S/Cr.H2O4S.15H2O/c;1-5(2,3)4;;;;;;;;;;;;;;;/h;(H2,1,2,3,4);15*1H2/q+2;;;;;;;;;;;;;;;;/p-2. The molecule has 0 fully saturated rings. The van der Waals surface area contributed by atoms with Crippen molar-refractivity contribution < 1.29 is 117 Å². The Morgan fingerprint density at radius 1 is 0.381 bits per heavy atom. The second-order valence-corrected chi connectivity index (χ2v) is 1.22. The van der Waals surface area contributed by atoms with Crippen molar-refractivity contribution in [1.29, 1.82) is 0 Å². The van der Waals surface area contributed by atoms with E-state index in [-0.39, 0.29) is 99.5 Å². The molecule has 0 aliphatic heterocycles. The molecule has 0 heterocycles. The predicted molar refractivity (Wildman–Crippen MR) is 64.7 cm³/mol. The van der Waals surface area contributed by atoms with E-state index in [1.165, 1.54) is 0 Å². The van der Waals surface area contributed by atoms with Crippen molar-refractivity contribution in [2.45, 2.75) is 0 Å². The second kappa shape index (κ2) is 208. The fourth-order valence-electron chi connectivity index (χ4n) is 0. The molecule has 0 aliphatic rings. The Kier molecular flexibility index (Phi) is 5590. The van der Waals surface area contributed by atoms with Crippen LogP contribution in [0.3, 0.4) is 0 Å². The quantitative estimate of drug-likeness (QED) is 0.273. The summed E-state index contributed by atoms with van der Waals surface area (Å²) in [5.41, 5.74) is 0. The van der Waals surface area contributed by atoms with Crippen LogP contribution in [-0.2, 0) is 27.8 Å². The summed E-state index contributed by atoms with van der Waals surface area (Å²) in [7, 11) is -5.17. The van der Waals surface area contributed by atoms with E-state index >= 15 is 0 Å². The molecule has 0 unspecified atom stereocenters. The van der Waals surface area contributed by atoms with Gasteiger partial charge in [-0.2, -0.15) is 0 Å². The average Bonchev–Trinajstić information content (AvgIpc) is 0.722. The molecule has 156 valence electrons. The number of rotatable bonds is 0. The van der Waals surface area contributed by atoms with Crippen LogP contribution < -0.4 is 0 Å². The predicted octanol–water partition coefficient (Wildman–Crippen LogP) is -13.7. The Bertz CT molecular complexity index is 94.7. The number of hydrogen-bond donors (Lipinski definition) is 0. The van der Waals surface area contributed by atoms with Gasteiger partial charge in [-0.25, -0.2) is 0 Å². The Morgan fingerprint density at radius 2 is 0.381 bits per heavy atom. The van der Waals surface area contributed by atoms with E-state index in [4.69, 9.17) is 17.5 Å². The first kappa shape index (κ1) is 564. The van der Waals surface area contributed by atoms with Gasteiger partial charge in [0.1, 0.15) is 0 Å². The third-order valence-electron chi connectivity index (χ3n) is 0. The molecule has 0 atom stereocenters. The third kappa shape index (κ3) is 161000. The van der Waals surface area contributed by atoms with Gasteiger partial charge in [-0.15, -0.1) is 0 Å². The summed E-state index contributed by atoms with van der Waals surface area (Å²) < 4.78 is 34.1. The molecule has 21 heteroatoms. The first-order valence-electron chi connectivity index (χ1n) is 0.667. The Morgan fingerprint density at radius 3 is 0.381 bits per heavy atom. The summed E-state index contributed by atoms with van der Waals surface area (Å²) in [6.45, 7) is 0. The SMILES string of the molecule is O.O.O.O.O.O.O.O.O.O.O.O.O.O.O.O=S(=O)([O-])[O-].[Cr+2]. The molecule has 0 amide bonds.